The first-order chi connectivity index (χ1) is 10.1. The molecule has 12 heteroatoms. The van der Waals surface area contributed by atoms with Crippen LogP contribution in [-0.4, -0.2) is 61.4 Å². The molecule has 0 aromatic heterocycles. The van der Waals surface area contributed by atoms with Crippen LogP contribution >= 0.6 is 0 Å². The lowest BCUT2D eigenvalue weighted by Crippen LogP contribution is -2.60. The van der Waals surface area contributed by atoms with Crippen molar-refractivity contribution in [2.75, 3.05) is 0 Å². The number of imide groups is 1. The zero-order valence-corrected chi connectivity index (χ0v) is 11.5. The Morgan fingerprint density at radius 1 is 0.818 bits per heavy atom. The van der Waals surface area contributed by atoms with E-state index in [1.165, 1.54) is 0 Å². The minimum atomic E-state index is -5.43. The second-order valence-electron chi connectivity index (χ2n) is 4.84. The van der Waals surface area contributed by atoms with E-state index in [4.69, 9.17) is 0 Å². The molecule has 1 saturated carbocycles. The molecule has 1 aliphatic heterocycles. The Hall–Kier alpha value is -1.30. The van der Waals surface area contributed by atoms with Crippen LogP contribution < -0.4 is 0 Å². The zero-order chi connectivity index (χ0) is 16.8. The molecule has 1 aliphatic carbocycles. The Kier molecular flexibility index (Phi) is 4.44. The Labute approximate surface area is 121 Å². The highest BCUT2D eigenvalue weighted by molar-refractivity contribution is 7.87. The van der Waals surface area contributed by atoms with E-state index in [9.17, 15) is 40.0 Å². The number of alkyl halides is 5. The molecule has 0 aromatic carbocycles. The van der Waals surface area contributed by atoms with Crippen molar-refractivity contribution in [3.63, 3.8) is 0 Å². The predicted octanol–water partition coefficient (Wildman–Crippen LogP) is 0.469. The first kappa shape index (κ1) is 17.1. The molecule has 0 N–H and O–H groups in total. The molecule has 2 fully saturated rings. The van der Waals surface area contributed by atoms with E-state index in [0.717, 1.165) is 0 Å². The second kappa shape index (κ2) is 5.72. The zero-order valence-electron chi connectivity index (χ0n) is 10.7. The van der Waals surface area contributed by atoms with Crippen molar-refractivity contribution < 1.29 is 44.2 Å². The van der Waals surface area contributed by atoms with E-state index >= 15 is 0 Å². The van der Waals surface area contributed by atoms with Gasteiger partial charge in [0.25, 0.3) is 21.9 Å². The molecule has 0 aromatic rings. The summed E-state index contributed by atoms with van der Waals surface area (Å²) in [4.78, 5) is 22.4. The van der Waals surface area contributed by atoms with Gasteiger partial charge in [0, 0.05) is 12.8 Å². The van der Waals surface area contributed by atoms with Gasteiger partial charge in [-0.1, -0.05) is 0 Å². The fourth-order valence-electron chi connectivity index (χ4n) is 2.18. The lowest BCUT2D eigenvalue weighted by molar-refractivity contribution is -0.164. The summed E-state index contributed by atoms with van der Waals surface area (Å²) < 4.78 is 94.1. The summed E-state index contributed by atoms with van der Waals surface area (Å²) in [6, 6.07) is 0. The first-order valence-corrected chi connectivity index (χ1v) is 7.54. The van der Waals surface area contributed by atoms with Gasteiger partial charge in [0.2, 0.25) is 0 Å². The Morgan fingerprint density at radius 2 is 1.18 bits per heavy atom. The number of nitrogens with zero attached hydrogens (tertiary/aromatic N) is 1. The maximum absolute atomic E-state index is 13.6. The van der Waals surface area contributed by atoms with Crippen LogP contribution in [0.2, 0.25) is 0 Å². The van der Waals surface area contributed by atoms with E-state index in [2.05, 4.69) is 4.28 Å². The van der Waals surface area contributed by atoms with Crippen LogP contribution in [0, 0.1) is 0 Å². The Morgan fingerprint density at radius 3 is 1.59 bits per heavy atom. The van der Waals surface area contributed by atoms with Gasteiger partial charge in [-0.15, -0.1) is 9.35 Å². The van der Waals surface area contributed by atoms with E-state index in [0.29, 0.717) is 0 Å². The number of hydroxylamine groups is 2. The van der Waals surface area contributed by atoms with E-state index in [1.807, 2.05) is 0 Å². The van der Waals surface area contributed by atoms with Crippen molar-refractivity contribution in [3.8, 4) is 0 Å². The van der Waals surface area contributed by atoms with Crippen molar-refractivity contribution >= 4 is 21.9 Å². The third-order valence-corrected chi connectivity index (χ3v) is 4.91. The molecule has 4 unspecified atom stereocenters. The molecule has 1 heterocycles. The number of hydrogen-bond acceptors (Lipinski definition) is 5. The summed E-state index contributed by atoms with van der Waals surface area (Å²) in [5.41, 5.74) is 0. The fraction of sp³-hybridized carbons (Fsp3) is 0.800. The Balaban J connectivity index is 2.27. The molecular formula is C10H10F5NO5S. The van der Waals surface area contributed by atoms with Crippen LogP contribution in [0.3, 0.4) is 0 Å². The summed E-state index contributed by atoms with van der Waals surface area (Å²) >= 11 is 0. The summed E-state index contributed by atoms with van der Waals surface area (Å²) in [5.74, 6) is -2.18. The van der Waals surface area contributed by atoms with Gasteiger partial charge in [-0.2, -0.15) is 8.42 Å². The maximum atomic E-state index is 13.6. The maximum Gasteiger partial charge on any atom is 0.297 e. The number of carbonyl (C=O) groups excluding carboxylic acids is 2. The number of rotatable bonds is 3. The van der Waals surface area contributed by atoms with Crippen LogP contribution in [0.25, 0.3) is 0 Å². The van der Waals surface area contributed by atoms with Crippen molar-refractivity contribution in [2.45, 2.75) is 48.9 Å². The summed E-state index contributed by atoms with van der Waals surface area (Å²) in [5, 5.41) is -3.28. The van der Waals surface area contributed by atoms with E-state index < -0.39 is 58.0 Å². The van der Waals surface area contributed by atoms with Crippen LogP contribution in [0.4, 0.5) is 22.0 Å². The third-order valence-electron chi connectivity index (χ3n) is 3.36. The van der Waals surface area contributed by atoms with Crippen LogP contribution in [0.1, 0.15) is 12.8 Å². The quantitative estimate of drug-likeness (QED) is 0.545. The third kappa shape index (κ3) is 2.69. The normalized spacial score (nSPS) is 40.3. The molecule has 2 amide bonds. The molecule has 2 rings (SSSR count). The van der Waals surface area contributed by atoms with Crippen LogP contribution in [0.5, 0.6) is 0 Å². The van der Waals surface area contributed by atoms with Crippen molar-refractivity contribution in [1.29, 1.82) is 0 Å². The predicted molar refractivity (Wildman–Crippen MR) is 59.4 cm³/mol. The highest BCUT2D eigenvalue weighted by Crippen LogP contribution is 2.36. The topological polar surface area (TPSA) is 80.8 Å². The van der Waals surface area contributed by atoms with Gasteiger partial charge in [-0.05, 0) is 0 Å². The fourth-order valence-corrected chi connectivity index (χ4v) is 3.59. The number of hydrogen-bond donors (Lipinski definition) is 0. The van der Waals surface area contributed by atoms with Gasteiger partial charge in [0.05, 0.1) is 0 Å². The largest absolute Gasteiger partial charge is 0.297 e. The van der Waals surface area contributed by atoms with E-state index in [1.54, 1.807) is 0 Å². The monoisotopic (exact) mass is 351 g/mol. The van der Waals surface area contributed by atoms with Crippen molar-refractivity contribution in [1.82, 2.24) is 5.06 Å². The number of carbonyl (C=O) groups is 2. The van der Waals surface area contributed by atoms with Gasteiger partial charge in [0.1, 0.15) is 0 Å². The Bertz CT molecular complexity index is 554. The van der Waals surface area contributed by atoms with Crippen LogP contribution in [0.15, 0.2) is 0 Å². The molecular weight excluding hydrogens is 341 g/mol. The van der Waals surface area contributed by atoms with Crippen LogP contribution in [-0.2, 0) is 24.0 Å². The van der Waals surface area contributed by atoms with Crippen molar-refractivity contribution in [3.05, 3.63) is 0 Å². The van der Waals surface area contributed by atoms with Gasteiger partial charge >= 0.3 is 0 Å². The van der Waals surface area contributed by atoms with E-state index in [-0.39, 0.29) is 17.9 Å². The lowest BCUT2D eigenvalue weighted by Gasteiger charge is -2.35. The molecule has 6 nitrogen and oxygen atoms in total. The number of amides is 2. The highest BCUT2D eigenvalue weighted by atomic mass is 32.2. The molecule has 4 atom stereocenters. The first-order valence-electron chi connectivity index (χ1n) is 6.07. The smallest absolute Gasteiger partial charge is 0.272 e. The van der Waals surface area contributed by atoms with Gasteiger partial charge in [-0.3, -0.25) is 9.59 Å². The summed E-state index contributed by atoms with van der Waals surface area (Å²) in [6.45, 7) is 0. The molecule has 22 heavy (non-hydrogen) atoms. The average molecular weight is 351 g/mol. The SMILES string of the molecule is O=C1CCC(=O)N1OS(=O)(=O)C1C(F)C(F)C(F)C(F)C1F. The molecule has 2 aliphatic rings. The highest BCUT2D eigenvalue weighted by Gasteiger charge is 2.59. The molecule has 126 valence electrons. The molecule has 1 saturated heterocycles. The average Bonchev–Trinajstić information content (AvgIpc) is 2.74. The van der Waals surface area contributed by atoms with Gasteiger partial charge in [-0.25, -0.2) is 22.0 Å². The lowest BCUT2D eigenvalue weighted by atomic mass is 9.91. The minimum absolute atomic E-state index is 0.239. The standard InChI is InChI=1S/C10H10F5NO5S/c11-5-6(12)8(14)10(9(15)7(5)13)22(19,20)21-16-3(17)1-2-4(16)18/h5-10H,1-2H2. The molecule has 0 bridgehead atoms. The van der Waals surface area contributed by atoms with Crippen molar-refractivity contribution in [2.24, 2.45) is 0 Å². The number of halogens is 5. The van der Waals surface area contributed by atoms with Gasteiger partial charge < -0.3 is 0 Å². The second-order valence-corrected chi connectivity index (χ2v) is 6.51. The van der Waals surface area contributed by atoms with Gasteiger partial charge in [0.15, 0.2) is 36.1 Å². The summed E-state index contributed by atoms with van der Waals surface area (Å²) in [6.07, 6.45) is -16.9. The molecule has 0 radical (unpaired) electrons. The summed E-state index contributed by atoms with van der Waals surface area (Å²) in [7, 11) is -5.43. The molecule has 0 spiro atoms. The minimum Gasteiger partial charge on any atom is -0.272 e.